The summed E-state index contributed by atoms with van der Waals surface area (Å²) >= 11 is 0. The van der Waals surface area contributed by atoms with E-state index in [1.54, 1.807) is 0 Å². The average Bonchev–Trinajstić information content (AvgIpc) is 2.90. The highest BCUT2D eigenvalue weighted by atomic mass is 16.6. The van der Waals surface area contributed by atoms with Crippen LogP contribution in [-0.2, 0) is 0 Å². The van der Waals surface area contributed by atoms with Crippen LogP contribution in [-0.4, -0.2) is 35.4 Å². The van der Waals surface area contributed by atoms with E-state index in [9.17, 15) is 30.3 Å². The van der Waals surface area contributed by atoms with Crippen LogP contribution < -0.4 is 0 Å². The fraction of sp³-hybridized carbons (Fsp3) is 0. The Morgan fingerprint density at radius 2 is 1.50 bits per heavy atom. The van der Waals surface area contributed by atoms with Gasteiger partial charge in [0.1, 0.15) is 0 Å². The number of nitrogens with zero attached hydrogens (tertiary/aromatic N) is 6. The zero-order chi connectivity index (χ0) is 14.9. The summed E-state index contributed by atoms with van der Waals surface area (Å²) < 4.78 is 0. The van der Waals surface area contributed by atoms with Gasteiger partial charge in [0.05, 0.1) is 26.9 Å². The van der Waals surface area contributed by atoms with Gasteiger partial charge in [0.25, 0.3) is 17.1 Å². The molecule has 0 amide bonds. The molecule has 0 fully saturated rings. The van der Waals surface area contributed by atoms with Crippen LogP contribution in [0.25, 0.3) is 11.4 Å². The van der Waals surface area contributed by atoms with Crippen LogP contribution in [0.5, 0.6) is 0 Å². The van der Waals surface area contributed by atoms with Crippen LogP contribution in [0.3, 0.4) is 0 Å². The highest BCUT2D eigenvalue weighted by Crippen LogP contribution is 2.39. The Balaban J connectivity index is 2.85. The van der Waals surface area contributed by atoms with E-state index in [-0.39, 0.29) is 0 Å². The first-order valence-corrected chi connectivity index (χ1v) is 4.77. The SMILES string of the molecule is O=[N+]([O-])c1cc([N+](=O)[O-])c(-c2nn[nH]n2)c([N+](=O)[O-])c1. The molecule has 1 heterocycles. The van der Waals surface area contributed by atoms with Gasteiger partial charge in [-0.1, -0.05) is 0 Å². The number of benzene rings is 1. The molecule has 0 atom stereocenters. The Morgan fingerprint density at radius 3 is 1.85 bits per heavy atom. The zero-order valence-corrected chi connectivity index (χ0v) is 9.29. The Bertz CT molecular complexity index is 675. The van der Waals surface area contributed by atoms with Crippen molar-refractivity contribution in [3.8, 4) is 11.4 Å². The lowest BCUT2D eigenvalue weighted by Gasteiger charge is -2.00. The Labute approximate surface area is 107 Å². The topological polar surface area (TPSA) is 184 Å². The molecule has 0 bridgehead atoms. The molecule has 2 aromatic rings. The number of tetrazole rings is 1. The van der Waals surface area contributed by atoms with Crippen molar-refractivity contribution in [2.24, 2.45) is 0 Å². The predicted molar refractivity (Wildman–Crippen MR) is 59.6 cm³/mol. The first kappa shape index (κ1) is 12.9. The van der Waals surface area contributed by atoms with Crippen molar-refractivity contribution in [2.45, 2.75) is 0 Å². The number of hydrogen-bond donors (Lipinski definition) is 1. The summed E-state index contributed by atoms with van der Waals surface area (Å²) in [4.78, 5) is 29.6. The number of non-ortho nitro benzene ring substituents is 1. The molecule has 0 spiro atoms. The third-order valence-corrected chi connectivity index (χ3v) is 2.25. The van der Waals surface area contributed by atoms with E-state index in [1.165, 1.54) is 0 Å². The van der Waals surface area contributed by atoms with Crippen molar-refractivity contribution < 1.29 is 14.8 Å². The van der Waals surface area contributed by atoms with Crippen molar-refractivity contribution >= 4 is 17.1 Å². The molecule has 0 aliphatic carbocycles. The van der Waals surface area contributed by atoms with E-state index < -0.39 is 43.2 Å². The molecule has 13 heteroatoms. The Hall–Kier alpha value is -3.51. The van der Waals surface area contributed by atoms with E-state index in [0.29, 0.717) is 12.1 Å². The van der Waals surface area contributed by atoms with Gasteiger partial charge in [-0.2, -0.15) is 5.21 Å². The molecular weight excluding hydrogens is 278 g/mol. The average molecular weight is 281 g/mol. The fourth-order valence-electron chi connectivity index (χ4n) is 1.49. The highest BCUT2D eigenvalue weighted by molar-refractivity contribution is 5.80. The third-order valence-electron chi connectivity index (χ3n) is 2.25. The number of aromatic amines is 1. The van der Waals surface area contributed by atoms with Crippen LogP contribution in [0.2, 0.25) is 0 Å². The molecule has 1 aromatic carbocycles. The molecule has 0 aliphatic rings. The number of hydrogen-bond acceptors (Lipinski definition) is 9. The molecule has 0 saturated heterocycles. The first-order chi connectivity index (χ1) is 9.41. The monoisotopic (exact) mass is 281 g/mol. The van der Waals surface area contributed by atoms with Gasteiger partial charge in [-0.05, 0) is 5.21 Å². The molecule has 0 radical (unpaired) electrons. The molecular formula is C7H3N7O6. The van der Waals surface area contributed by atoms with Gasteiger partial charge >= 0.3 is 0 Å². The summed E-state index contributed by atoms with van der Waals surface area (Å²) in [7, 11) is 0. The van der Waals surface area contributed by atoms with E-state index in [2.05, 4.69) is 15.4 Å². The van der Waals surface area contributed by atoms with Crippen LogP contribution >= 0.6 is 0 Å². The Kier molecular flexibility index (Phi) is 3.00. The quantitative estimate of drug-likeness (QED) is 0.618. The lowest BCUT2D eigenvalue weighted by Crippen LogP contribution is -2.01. The van der Waals surface area contributed by atoms with Gasteiger partial charge in [-0.25, -0.2) is 0 Å². The smallest absolute Gasteiger partial charge is 0.258 e. The molecule has 20 heavy (non-hydrogen) atoms. The maximum atomic E-state index is 10.9. The molecule has 1 aromatic heterocycles. The maximum Gasteiger partial charge on any atom is 0.294 e. The number of nitrogens with one attached hydrogen (secondary N) is 1. The van der Waals surface area contributed by atoms with Gasteiger partial charge < -0.3 is 0 Å². The second kappa shape index (κ2) is 4.63. The number of nitro benzene ring substituents is 3. The molecule has 1 N–H and O–H groups in total. The lowest BCUT2D eigenvalue weighted by molar-refractivity contribution is -0.402. The van der Waals surface area contributed by atoms with Crippen LogP contribution in [0.15, 0.2) is 12.1 Å². The predicted octanol–water partition coefficient (Wildman–Crippen LogP) is 0.591. The largest absolute Gasteiger partial charge is 0.294 e. The van der Waals surface area contributed by atoms with E-state index >= 15 is 0 Å². The Morgan fingerprint density at radius 1 is 0.950 bits per heavy atom. The van der Waals surface area contributed by atoms with Gasteiger partial charge in [0, 0.05) is 0 Å². The van der Waals surface area contributed by atoms with E-state index in [0.717, 1.165) is 0 Å². The second-order valence-corrected chi connectivity index (χ2v) is 3.37. The van der Waals surface area contributed by atoms with Crippen LogP contribution in [0.4, 0.5) is 17.1 Å². The van der Waals surface area contributed by atoms with Crippen molar-refractivity contribution in [1.29, 1.82) is 0 Å². The van der Waals surface area contributed by atoms with Gasteiger partial charge in [0.15, 0.2) is 5.56 Å². The zero-order valence-electron chi connectivity index (χ0n) is 9.29. The van der Waals surface area contributed by atoms with Crippen LogP contribution in [0.1, 0.15) is 0 Å². The minimum Gasteiger partial charge on any atom is -0.258 e. The first-order valence-electron chi connectivity index (χ1n) is 4.77. The van der Waals surface area contributed by atoms with Gasteiger partial charge in [-0.3, -0.25) is 30.3 Å². The van der Waals surface area contributed by atoms with Gasteiger partial charge in [0.2, 0.25) is 5.82 Å². The highest BCUT2D eigenvalue weighted by Gasteiger charge is 2.33. The molecule has 102 valence electrons. The summed E-state index contributed by atoms with van der Waals surface area (Å²) in [5, 5.41) is 44.5. The summed E-state index contributed by atoms with van der Waals surface area (Å²) in [6, 6.07) is 1.19. The number of rotatable bonds is 4. The normalized spacial score (nSPS) is 10.2. The summed E-state index contributed by atoms with van der Waals surface area (Å²) in [5.74, 6) is -0.404. The lowest BCUT2D eigenvalue weighted by atomic mass is 10.1. The minimum absolute atomic E-state index is 0.404. The molecule has 0 aliphatic heterocycles. The molecule has 0 unspecified atom stereocenters. The number of aromatic nitrogens is 4. The van der Waals surface area contributed by atoms with Crippen molar-refractivity contribution in [2.75, 3.05) is 0 Å². The van der Waals surface area contributed by atoms with Gasteiger partial charge in [-0.15, -0.1) is 10.2 Å². The third kappa shape index (κ3) is 2.09. The molecule has 13 nitrogen and oxygen atoms in total. The van der Waals surface area contributed by atoms with Crippen molar-refractivity contribution in [3.05, 3.63) is 42.5 Å². The van der Waals surface area contributed by atoms with E-state index in [4.69, 9.17) is 0 Å². The standard InChI is InChI=1S/C7H3N7O6/c15-12(16)3-1-4(13(17)18)6(5(2-3)14(19)20)7-8-10-11-9-7/h1-2H,(H,8,9,10,11). The second-order valence-electron chi connectivity index (χ2n) is 3.37. The molecule has 2 rings (SSSR count). The summed E-state index contributed by atoms with van der Waals surface area (Å²) in [6.07, 6.45) is 0. The number of H-pyrrole nitrogens is 1. The fourth-order valence-corrected chi connectivity index (χ4v) is 1.49. The van der Waals surface area contributed by atoms with Crippen molar-refractivity contribution in [1.82, 2.24) is 20.6 Å². The van der Waals surface area contributed by atoms with Crippen LogP contribution in [0, 0.1) is 30.3 Å². The number of nitro groups is 3. The maximum absolute atomic E-state index is 10.9. The van der Waals surface area contributed by atoms with E-state index in [1.807, 2.05) is 5.21 Å². The summed E-state index contributed by atoms with van der Waals surface area (Å²) in [5.41, 5.74) is -3.05. The van der Waals surface area contributed by atoms with Crippen molar-refractivity contribution in [3.63, 3.8) is 0 Å². The summed E-state index contributed by atoms with van der Waals surface area (Å²) in [6.45, 7) is 0. The minimum atomic E-state index is -0.994. The molecule has 0 saturated carbocycles.